The molecule has 7 nitrogen and oxygen atoms in total. The van der Waals surface area contributed by atoms with Crippen LogP contribution in [0, 0.1) is 5.92 Å². The van der Waals surface area contributed by atoms with Gasteiger partial charge in [-0.2, -0.15) is 0 Å². The molecule has 1 aromatic heterocycles. The van der Waals surface area contributed by atoms with Crippen LogP contribution in [0.4, 0.5) is 4.79 Å². The topological polar surface area (TPSA) is 86.0 Å². The normalized spacial score (nSPS) is 19.3. The Hall–Kier alpha value is -3.35. The van der Waals surface area contributed by atoms with Crippen molar-refractivity contribution >= 4 is 39.4 Å². The summed E-state index contributed by atoms with van der Waals surface area (Å²) in [6.45, 7) is 7.82. The Bertz CT molecular complexity index is 1340. The number of piperidine rings is 1. The molecule has 5 rings (SSSR count). The van der Waals surface area contributed by atoms with Crippen LogP contribution in [0.2, 0.25) is 0 Å². The first-order chi connectivity index (χ1) is 18.2. The standard InChI is InChI=1S/C31H37NO6/c1-31(2,3)38-30(35)32-14-12-20(13-15-32)5-4-16-36-23-8-10-24-21(17-23)6-11-28-29(24)26(19-37-28)25-9-7-22(33)18-27(25)34/h6,8,10-11,17,19-20,25H,4-5,7,9,12-16,18H2,1-3H3/t25-/m0/s1. The SMILES string of the molecule is CC(C)(C)OC(=O)N1CCC(CCCOc2ccc3c(ccc4occ([C@@H]5CCC(=O)CC5=O)c43)c2)CC1. The van der Waals surface area contributed by atoms with Crippen molar-refractivity contribution in [2.45, 2.75) is 77.2 Å². The molecule has 0 unspecified atom stereocenters. The average molecular weight is 520 g/mol. The zero-order valence-corrected chi connectivity index (χ0v) is 22.6. The van der Waals surface area contributed by atoms with Gasteiger partial charge in [0.05, 0.1) is 19.3 Å². The van der Waals surface area contributed by atoms with E-state index in [0.717, 1.165) is 71.8 Å². The summed E-state index contributed by atoms with van der Waals surface area (Å²) in [5, 5.41) is 3.02. The summed E-state index contributed by atoms with van der Waals surface area (Å²) in [6.07, 6.45) is 6.50. The largest absolute Gasteiger partial charge is 0.494 e. The van der Waals surface area contributed by atoms with Gasteiger partial charge in [-0.15, -0.1) is 0 Å². The molecule has 3 aromatic rings. The number of Topliss-reactive ketones (excluding diaryl/α,β-unsaturated/α-hetero) is 2. The first-order valence-electron chi connectivity index (χ1n) is 13.8. The van der Waals surface area contributed by atoms with E-state index in [9.17, 15) is 14.4 Å². The van der Waals surface area contributed by atoms with Crippen molar-refractivity contribution in [3.63, 3.8) is 0 Å². The van der Waals surface area contributed by atoms with E-state index in [-0.39, 0.29) is 30.0 Å². The Balaban J connectivity index is 1.16. The van der Waals surface area contributed by atoms with Gasteiger partial charge in [-0.05, 0) is 93.8 Å². The number of nitrogens with zero attached hydrogens (tertiary/aromatic N) is 1. The molecule has 2 fully saturated rings. The van der Waals surface area contributed by atoms with Gasteiger partial charge in [0, 0.05) is 36.4 Å². The lowest BCUT2D eigenvalue weighted by molar-refractivity contribution is -0.130. The average Bonchev–Trinajstić information content (AvgIpc) is 3.30. The molecule has 7 heteroatoms. The molecule has 38 heavy (non-hydrogen) atoms. The van der Waals surface area contributed by atoms with E-state index >= 15 is 0 Å². The molecular weight excluding hydrogens is 482 g/mol. The number of rotatable bonds is 6. The minimum atomic E-state index is -0.461. The van der Waals surface area contributed by atoms with Crippen molar-refractivity contribution in [1.82, 2.24) is 4.90 Å². The van der Waals surface area contributed by atoms with E-state index in [4.69, 9.17) is 13.9 Å². The maximum Gasteiger partial charge on any atom is 0.410 e. The first-order valence-corrected chi connectivity index (χ1v) is 13.8. The summed E-state index contributed by atoms with van der Waals surface area (Å²) in [5.74, 6) is 1.14. The number of ether oxygens (including phenoxy) is 2. The highest BCUT2D eigenvalue weighted by Crippen LogP contribution is 2.39. The molecule has 202 valence electrons. The van der Waals surface area contributed by atoms with Gasteiger partial charge < -0.3 is 18.8 Å². The molecule has 1 atom stereocenters. The molecule has 0 radical (unpaired) electrons. The van der Waals surface area contributed by atoms with Gasteiger partial charge in [-0.25, -0.2) is 4.79 Å². The fraction of sp³-hybridized carbons (Fsp3) is 0.516. The maximum absolute atomic E-state index is 12.6. The van der Waals surface area contributed by atoms with E-state index in [1.807, 2.05) is 56.0 Å². The fourth-order valence-electron chi connectivity index (χ4n) is 5.71. The zero-order valence-electron chi connectivity index (χ0n) is 22.6. The summed E-state index contributed by atoms with van der Waals surface area (Å²) in [5.41, 5.74) is 1.18. The van der Waals surface area contributed by atoms with Crippen molar-refractivity contribution in [2.24, 2.45) is 5.92 Å². The Morgan fingerprint density at radius 1 is 1.08 bits per heavy atom. The summed E-state index contributed by atoms with van der Waals surface area (Å²) < 4.78 is 17.4. The highest BCUT2D eigenvalue weighted by Gasteiger charge is 2.31. The highest BCUT2D eigenvalue weighted by molar-refractivity contribution is 6.11. The third-order valence-corrected chi connectivity index (χ3v) is 7.69. The molecule has 2 aliphatic rings. The van der Waals surface area contributed by atoms with Crippen LogP contribution in [0.1, 0.15) is 77.2 Å². The molecule has 1 aliphatic carbocycles. The smallest absolute Gasteiger partial charge is 0.410 e. The second-order valence-electron chi connectivity index (χ2n) is 11.7. The van der Waals surface area contributed by atoms with Crippen LogP contribution >= 0.6 is 0 Å². The van der Waals surface area contributed by atoms with Crippen LogP contribution in [-0.2, 0) is 14.3 Å². The summed E-state index contributed by atoms with van der Waals surface area (Å²) in [7, 11) is 0. The number of furan rings is 1. The number of likely N-dealkylation sites (tertiary alicyclic amines) is 1. The van der Waals surface area contributed by atoms with Crippen molar-refractivity contribution in [3.05, 3.63) is 42.2 Å². The third kappa shape index (κ3) is 5.87. The minimum Gasteiger partial charge on any atom is -0.494 e. The Labute approximate surface area is 223 Å². The molecule has 1 aliphatic heterocycles. The number of amides is 1. The van der Waals surface area contributed by atoms with E-state index in [0.29, 0.717) is 25.4 Å². The van der Waals surface area contributed by atoms with Crippen molar-refractivity contribution < 1.29 is 28.3 Å². The molecule has 1 saturated heterocycles. The Morgan fingerprint density at radius 2 is 1.87 bits per heavy atom. The second kappa shape index (κ2) is 10.8. The van der Waals surface area contributed by atoms with Crippen LogP contribution < -0.4 is 4.74 Å². The number of benzene rings is 2. The molecule has 1 amide bonds. The molecule has 0 bridgehead atoms. The number of carbonyl (C=O) groups is 3. The van der Waals surface area contributed by atoms with Crippen LogP contribution in [0.5, 0.6) is 5.75 Å². The molecule has 0 spiro atoms. The third-order valence-electron chi connectivity index (χ3n) is 7.69. The van der Waals surface area contributed by atoms with E-state index < -0.39 is 5.60 Å². The summed E-state index contributed by atoms with van der Waals surface area (Å²) in [4.78, 5) is 38.4. The van der Waals surface area contributed by atoms with Crippen molar-refractivity contribution in [3.8, 4) is 5.75 Å². The lowest BCUT2D eigenvalue weighted by Crippen LogP contribution is -2.41. The summed E-state index contributed by atoms with van der Waals surface area (Å²) >= 11 is 0. The monoisotopic (exact) mass is 519 g/mol. The molecule has 2 aromatic carbocycles. The second-order valence-corrected chi connectivity index (χ2v) is 11.7. The van der Waals surface area contributed by atoms with Gasteiger partial charge in [0.15, 0.2) is 0 Å². The number of ketones is 2. The quantitative estimate of drug-likeness (QED) is 0.263. The molecule has 2 heterocycles. The number of hydrogen-bond donors (Lipinski definition) is 0. The van der Waals surface area contributed by atoms with Gasteiger partial charge in [-0.3, -0.25) is 9.59 Å². The predicted molar refractivity (Wildman–Crippen MR) is 146 cm³/mol. The molecule has 1 saturated carbocycles. The predicted octanol–water partition coefficient (Wildman–Crippen LogP) is 6.80. The zero-order chi connectivity index (χ0) is 26.9. The first kappa shape index (κ1) is 26.3. The van der Waals surface area contributed by atoms with Crippen LogP contribution in [0.15, 0.2) is 41.0 Å². The molecule has 0 N–H and O–H groups in total. The summed E-state index contributed by atoms with van der Waals surface area (Å²) in [6, 6.07) is 10.0. The number of carbonyl (C=O) groups excluding carboxylic acids is 3. The molecular formula is C31H37NO6. The van der Waals surface area contributed by atoms with E-state index in [2.05, 4.69) is 0 Å². The fourth-order valence-corrected chi connectivity index (χ4v) is 5.71. The highest BCUT2D eigenvalue weighted by atomic mass is 16.6. The van der Waals surface area contributed by atoms with E-state index in [1.165, 1.54) is 0 Å². The number of hydrogen-bond acceptors (Lipinski definition) is 6. The minimum absolute atomic E-state index is 0.0168. The van der Waals surface area contributed by atoms with Crippen LogP contribution in [0.25, 0.3) is 21.7 Å². The van der Waals surface area contributed by atoms with Crippen LogP contribution in [-0.4, -0.2) is 47.9 Å². The van der Waals surface area contributed by atoms with Gasteiger partial charge >= 0.3 is 6.09 Å². The maximum atomic E-state index is 12.6. The number of fused-ring (bicyclic) bond motifs is 3. The van der Waals surface area contributed by atoms with Crippen molar-refractivity contribution in [2.75, 3.05) is 19.7 Å². The van der Waals surface area contributed by atoms with Gasteiger partial charge in [0.1, 0.15) is 28.5 Å². The van der Waals surface area contributed by atoms with Gasteiger partial charge in [0.2, 0.25) is 0 Å². The lowest BCUT2D eigenvalue weighted by atomic mass is 9.81. The van der Waals surface area contributed by atoms with Crippen LogP contribution in [0.3, 0.4) is 0 Å². The van der Waals surface area contributed by atoms with Crippen molar-refractivity contribution in [1.29, 1.82) is 0 Å². The van der Waals surface area contributed by atoms with Gasteiger partial charge in [-0.1, -0.05) is 6.07 Å². The lowest BCUT2D eigenvalue weighted by Gasteiger charge is -2.33. The van der Waals surface area contributed by atoms with E-state index in [1.54, 1.807) is 6.26 Å². The van der Waals surface area contributed by atoms with Gasteiger partial charge in [0.25, 0.3) is 0 Å². The Morgan fingerprint density at radius 3 is 2.61 bits per heavy atom. The Kier molecular flexibility index (Phi) is 7.46.